The fraction of sp³-hybridized carbons (Fsp3) is 0.214. The van der Waals surface area contributed by atoms with E-state index in [-0.39, 0.29) is 42.5 Å². The number of alkyl halides is 6. The molecule has 220 valence electrons. The number of hydrogen-bond donors (Lipinski definition) is 1. The van der Waals surface area contributed by atoms with Crippen molar-refractivity contribution in [3.8, 4) is 0 Å². The van der Waals surface area contributed by atoms with Gasteiger partial charge >= 0.3 is 12.4 Å². The zero-order valence-electron chi connectivity index (χ0n) is 21.6. The van der Waals surface area contributed by atoms with Crippen molar-refractivity contribution < 1.29 is 39.6 Å². The van der Waals surface area contributed by atoms with E-state index in [0.717, 1.165) is 28.6 Å². The molecule has 1 fully saturated rings. The van der Waals surface area contributed by atoms with Crippen LogP contribution < -0.4 is 5.32 Å². The zero-order chi connectivity index (χ0) is 30.3. The minimum atomic E-state index is -4.58. The summed E-state index contributed by atoms with van der Waals surface area (Å²) >= 11 is 0. The van der Waals surface area contributed by atoms with Crippen molar-refractivity contribution in [3.05, 3.63) is 95.7 Å². The maximum Gasteiger partial charge on any atom is 0.416 e. The third-order valence-electron chi connectivity index (χ3n) is 6.83. The highest BCUT2D eigenvalue weighted by atomic mass is 32.2. The summed E-state index contributed by atoms with van der Waals surface area (Å²) in [6.07, 6.45) is -7.69. The Labute approximate surface area is 236 Å². The third kappa shape index (κ3) is 6.04. The van der Waals surface area contributed by atoms with Gasteiger partial charge in [-0.2, -0.15) is 30.6 Å². The van der Waals surface area contributed by atoms with Crippen LogP contribution in [-0.2, 0) is 22.4 Å². The molecule has 3 aromatic carbocycles. The van der Waals surface area contributed by atoms with Crippen molar-refractivity contribution in [2.45, 2.75) is 17.2 Å². The zero-order valence-corrected chi connectivity index (χ0v) is 22.4. The molecular weight excluding hydrogens is 586 g/mol. The predicted molar refractivity (Wildman–Crippen MR) is 143 cm³/mol. The quantitative estimate of drug-likeness (QED) is 0.275. The lowest BCUT2D eigenvalue weighted by molar-refractivity contribution is -0.138. The van der Waals surface area contributed by atoms with Crippen LogP contribution in [0.2, 0.25) is 0 Å². The first-order valence-corrected chi connectivity index (χ1v) is 14.0. The Hall–Kier alpha value is -4.17. The smallest absolute Gasteiger partial charge is 0.355 e. The largest absolute Gasteiger partial charge is 0.416 e. The van der Waals surface area contributed by atoms with Crippen LogP contribution in [0, 0.1) is 0 Å². The number of rotatable bonds is 5. The van der Waals surface area contributed by atoms with Crippen LogP contribution in [0.15, 0.2) is 83.9 Å². The van der Waals surface area contributed by atoms with E-state index in [1.165, 1.54) is 17.2 Å². The highest BCUT2D eigenvalue weighted by Gasteiger charge is 2.34. The molecule has 0 spiro atoms. The number of nitrogens with one attached hydrogen (secondary N) is 1. The first-order chi connectivity index (χ1) is 19.7. The van der Waals surface area contributed by atoms with Gasteiger partial charge in [-0.05, 0) is 66.7 Å². The van der Waals surface area contributed by atoms with Gasteiger partial charge in [0.1, 0.15) is 0 Å². The van der Waals surface area contributed by atoms with E-state index in [0.29, 0.717) is 34.5 Å². The minimum absolute atomic E-state index is 0.0279. The highest BCUT2D eigenvalue weighted by molar-refractivity contribution is 7.89. The number of halogens is 6. The van der Waals surface area contributed by atoms with Crippen LogP contribution in [-0.4, -0.2) is 54.7 Å². The third-order valence-corrected chi connectivity index (χ3v) is 8.74. The molecule has 0 radical (unpaired) electrons. The van der Waals surface area contributed by atoms with E-state index in [1.54, 1.807) is 30.3 Å². The standard InChI is InChI=1S/C28H22F6N4O3S/c29-27(30,31)19-3-8-22(9-4-19)42(40,41)38-15-13-37(14-16-38)26(39)18-1-6-21(7-2-18)36-24-11-12-35-25-17-20(28(32,33)34)5-10-23(24)25/h1-12,17H,13-16H2,(H,35,36). The van der Waals surface area contributed by atoms with Crippen LogP contribution in [0.1, 0.15) is 21.5 Å². The number of aromatic nitrogens is 1. The second-order valence-electron chi connectivity index (χ2n) is 9.51. The summed E-state index contributed by atoms with van der Waals surface area (Å²) in [5.41, 5.74) is -0.146. The summed E-state index contributed by atoms with van der Waals surface area (Å²) in [7, 11) is -4.04. The average molecular weight is 609 g/mol. The van der Waals surface area contributed by atoms with Crippen LogP contribution in [0.4, 0.5) is 37.7 Å². The van der Waals surface area contributed by atoms with Crippen molar-refractivity contribution in [1.29, 1.82) is 0 Å². The van der Waals surface area contributed by atoms with Crippen molar-refractivity contribution in [1.82, 2.24) is 14.2 Å². The Bertz CT molecular complexity index is 1720. The second-order valence-corrected chi connectivity index (χ2v) is 11.4. The number of pyridine rings is 1. The summed E-state index contributed by atoms with van der Waals surface area (Å²) in [6, 6.07) is 14.6. The fourth-order valence-electron chi connectivity index (χ4n) is 4.56. The molecule has 42 heavy (non-hydrogen) atoms. The first-order valence-electron chi connectivity index (χ1n) is 12.5. The van der Waals surface area contributed by atoms with E-state index in [2.05, 4.69) is 10.3 Å². The van der Waals surface area contributed by atoms with Crippen LogP contribution in [0.25, 0.3) is 10.9 Å². The van der Waals surface area contributed by atoms with Gasteiger partial charge in [0.25, 0.3) is 5.91 Å². The number of hydrogen-bond acceptors (Lipinski definition) is 5. The van der Waals surface area contributed by atoms with Crippen LogP contribution in [0.3, 0.4) is 0 Å². The van der Waals surface area contributed by atoms with Crippen molar-refractivity contribution >= 4 is 38.2 Å². The normalized spacial score (nSPS) is 15.1. The minimum Gasteiger partial charge on any atom is -0.355 e. The van der Waals surface area contributed by atoms with E-state index < -0.39 is 33.5 Å². The second kappa shape index (κ2) is 10.9. The van der Waals surface area contributed by atoms with Gasteiger partial charge in [-0.25, -0.2) is 8.42 Å². The summed E-state index contributed by atoms with van der Waals surface area (Å²) < 4.78 is 105. The maximum atomic E-state index is 13.1. The molecule has 1 aliphatic heterocycles. The van der Waals surface area contributed by atoms with Crippen LogP contribution >= 0.6 is 0 Å². The van der Waals surface area contributed by atoms with E-state index in [9.17, 15) is 39.6 Å². The number of fused-ring (bicyclic) bond motifs is 1. The number of carbonyl (C=O) groups is 1. The molecule has 0 atom stereocenters. The fourth-order valence-corrected chi connectivity index (χ4v) is 5.99. The van der Waals surface area contributed by atoms with Crippen molar-refractivity contribution in [2.75, 3.05) is 31.5 Å². The van der Waals surface area contributed by atoms with E-state index in [1.807, 2.05) is 0 Å². The van der Waals surface area contributed by atoms with Gasteiger partial charge in [0.15, 0.2) is 0 Å². The van der Waals surface area contributed by atoms with E-state index in [4.69, 9.17) is 0 Å². The molecular formula is C28H22F6N4O3S. The molecule has 1 saturated heterocycles. The summed E-state index contributed by atoms with van der Waals surface area (Å²) in [5, 5.41) is 3.60. The molecule has 14 heteroatoms. The molecule has 4 aromatic rings. The SMILES string of the molecule is O=C(c1ccc(Nc2ccnc3cc(C(F)(F)F)ccc23)cc1)N1CCN(S(=O)(=O)c2ccc(C(F)(F)F)cc2)CC1. The molecule has 5 rings (SSSR count). The molecule has 0 saturated carbocycles. The topological polar surface area (TPSA) is 82.6 Å². The molecule has 1 amide bonds. The lowest BCUT2D eigenvalue weighted by atomic mass is 10.1. The number of amides is 1. The van der Waals surface area contributed by atoms with Gasteiger partial charge in [0, 0.05) is 54.7 Å². The van der Waals surface area contributed by atoms with Crippen molar-refractivity contribution in [2.24, 2.45) is 0 Å². The summed E-state index contributed by atoms with van der Waals surface area (Å²) in [4.78, 5) is 18.3. The Morgan fingerprint density at radius 2 is 1.36 bits per heavy atom. The van der Waals surface area contributed by atoms with Gasteiger partial charge in [0.2, 0.25) is 10.0 Å². The lowest BCUT2D eigenvalue weighted by Crippen LogP contribution is -2.50. The van der Waals surface area contributed by atoms with Gasteiger partial charge in [0.05, 0.1) is 21.5 Å². The van der Waals surface area contributed by atoms with Gasteiger partial charge < -0.3 is 10.2 Å². The maximum absolute atomic E-state index is 13.1. The Morgan fingerprint density at radius 1 is 0.762 bits per heavy atom. The van der Waals surface area contributed by atoms with Crippen LogP contribution in [0.5, 0.6) is 0 Å². The molecule has 0 unspecified atom stereocenters. The highest BCUT2D eigenvalue weighted by Crippen LogP contribution is 2.34. The number of nitrogens with zero attached hydrogens (tertiary/aromatic N) is 3. The number of carbonyl (C=O) groups excluding carboxylic acids is 1. The molecule has 1 aliphatic rings. The monoisotopic (exact) mass is 608 g/mol. The molecule has 0 aliphatic carbocycles. The molecule has 7 nitrogen and oxygen atoms in total. The molecule has 0 bridgehead atoms. The number of sulfonamides is 1. The van der Waals surface area contributed by atoms with Gasteiger partial charge in [-0.1, -0.05) is 6.07 Å². The number of benzene rings is 3. The van der Waals surface area contributed by atoms with Crippen molar-refractivity contribution in [3.63, 3.8) is 0 Å². The first kappa shape index (κ1) is 29.3. The molecule has 2 heterocycles. The number of anilines is 2. The number of piperazine rings is 1. The molecule has 1 aromatic heterocycles. The van der Waals surface area contributed by atoms with E-state index >= 15 is 0 Å². The Balaban J connectivity index is 1.22. The van der Waals surface area contributed by atoms with Gasteiger partial charge in [-0.15, -0.1) is 0 Å². The summed E-state index contributed by atoms with van der Waals surface area (Å²) in [5.74, 6) is -0.331. The Morgan fingerprint density at radius 3 is 1.95 bits per heavy atom. The Kier molecular flexibility index (Phi) is 7.62. The average Bonchev–Trinajstić information content (AvgIpc) is 2.96. The summed E-state index contributed by atoms with van der Waals surface area (Å²) in [6.45, 7) is 0.114. The molecule has 1 N–H and O–H groups in total. The van der Waals surface area contributed by atoms with Gasteiger partial charge in [-0.3, -0.25) is 9.78 Å². The lowest BCUT2D eigenvalue weighted by Gasteiger charge is -2.34. The predicted octanol–water partition coefficient (Wildman–Crippen LogP) is 6.16.